The molecule has 0 aromatic heterocycles. The Morgan fingerprint density at radius 3 is 0.735 bits per heavy atom. The van der Waals surface area contributed by atoms with E-state index in [1.807, 2.05) is 0 Å². The number of carbonyl (C=O) groups excluding carboxylic acids is 6. The molecule has 1 aliphatic heterocycles. The van der Waals surface area contributed by atoms with Crippen LogP contribution >= 0.6 is 23.7 Å². The van der Waals surface area contributed by atoms with Crippen LogP contribution in [0.4, 0.5) is 0 Å². The van der Waals surface area contributed by atoms with Crippen LogP contribution in [-0.2, 0) is 57.2 Å². The standard InChI is InChI=1S/C78H82N3O18P3/c1-49(2)73(82)88-55(13)43-61-31-19-25-37-67(61)94-100(95-68-38-26-20-32-62(68)44-56(14)89-74(83)50(3)4)79-101(96-69-39-27-21-33-63(69)45-57(15)90-75(84)51(5)6,97-70-40-28-22-34-64(70)46-58(16)91-76(85)52(7)8)81-102(80-100,98-71-41-29-23-35-65(71)47-59(17)92-77(86)53(9)10)99-72-42-30-24-36-66(72)48-60(18)93-78(87)54(11)12/h19-48,79-80,100-101H,1,3,5,7,9,11H2,2,4,6,8,10,12-18H3. The van der Waals surface area contributed by atoms with E-state index in [2.05, 4.69) is 49.2 Å². The van der Waals surface area contributed by atoms with Crippen molar-refractivity contribution in [3.63, 3.8) is 0 Å². The number of esters is 6. The van der Waals surface area contributed by atoms with Crippen molar-refractivity contribution in [2.45, 2.75) is 83.1 Å². The number of carbonyl (C=O) groups is 6. The summed E-state index contributed by atoms with van der Waals surface area (Å²) in [5, 5.41) is 0. The van der Waals surface area contributed by atoms with Gasteiger partial charge in [-0.25, -0.2) is 0 Å². The fourth-order valence-corrected chi connectivity index (χ4v) is 20.6. The summed E-state index contributed by atoms with van der Waals surface area (Å²) in [6.45, 7) is 41.0. The van der Waals surface area contributed by atoms with E-state index in [0.717, 1.165) is 0 Å². The van der Waals surface area contributed by atoms with Crippen molar-refractivity contribution in [2.24, 2.45) is 4.52 Å². The van der Waals surface area contributed by atoms with Crippen LogP contribution in [0.15, 0.2) is 258 Å². The summed E-state index contributed by atoms with van der Waals surface area (Å²) in [7, 11) is -15.6. The van der Waals surface area contributed by atoms with E-state index in [4.69, 9.17) is 60.1 Å². The number of ether oxygens (including phenoxy) is 6. The molecule has 1 heterocycles. The van der Waals surface area contributed by atoms with Gasteiger partial charge in [0.05, 0.1) is 0 Å². The number of nitrogens with zero attached hydrogens (tertiary/aromatic N) is 1. The van der Waals surface area contributed by atoms with Crippen molar-refractivity contribution in [3.8, 4) is 34.5 Å². The molecule has 7 rings (SSSR count). The van der Waals surface area contributed by atoms with Crippen molar-refractivity contribution in [2.75, 3.05) is 0 Å². The van der Waals surface area contributed by atoms with Gasteiger partial charge < -0.3 is 0 Å². The molecule has 6 aromatic carbocycles. The van der Waals surface area contributed by atoms with E-state index in [1.54, 1.807) is 224 Å². The Morgan fingerprint density at radius 1 is 0.314 bits per heavy atom. The third-order valence-electron chi connectivity index (χ3n) is 13.6. The van der Waals surface area contributed by atoms with Gasteiger partial charge in [-0.1, -0.05) is 0 Å². The number of rotatable bonds is 30. The summed E-state index contributed by atoms with van der Waals surface area (Å²) < 4.78 is 85.7. The van der Waals surface area contributed by atoms with E-state index in [9.17, 15) is 28.8 Å². The average molecular weight is 1440 g/mol. The summed E-state index contributed by atoms with van der Waals surface area (Å²) in [5.41, 5.74) is 2.63. The Balaban J connectivity index is 1.74. The van der Waals surface area contributed by atoms with Gasteiger partial charge in [0.2, 0.25) is 0 Å². The molecule has 0 fully saturated rings. The van der Waals surface area contributed by atoms with Gasteiger partial charge in [0.1, 0.15) is 0 Å². The zero-order valence-corrected chi connectivity index (χ0v) is 61.7. The fourth-order valence-electron chi connectivity index (χ4n) is 8.88. The molecule has 0 spiro atoms. The number of nitrogens with one attached hydrogen (secondary N) is 2. The molecular weight excluding hydrogens is 1360 g/mol. The van der Waals surface area contributed by atoms with Gasteiger partial charge >= 0.3 is 599 Å². The van der Waals surface area contributed by atoms with E-state index in [1.165, 1.54) is 41.5 Å². The van der Waals surface area contributed by atoms with Gasteiger partial charge in [-0.05, 0) is 0 Å². The molecule has 0 bridgehead atoms. The minimum absolute atomic E-state index is 0.0354. The van der Waals surface area contributed by atoms with Crippen LogP contribution in [-0.4, -0.2) is 35.8 Å². The molecule has 21 nitrogen and oxygen atoms in total. The Morgan fingerprint density at radius 2 is 0.510 bits per heavy atom. The van der Waals surface area contributed by atoms with E-state index in [0.29, 0.717) is 33.4 Å². The Kier molecular flexibility index (Phi) is 27.0. The third-order valence-corrected chi connectivity index (χ3v) is 23.5. The second-order valence-electron chi connectivity index (χ2n) is 23.4. The van der Waals surface area contributed by atoms with Crippen LogP contribution in [0.2, 0.25) is 0 Å². The predicted octanol–water partition coefficient (Wildman–Crippen LogP) is 19.3. The number of para-hydroxylation sites is 6. The zero-order chi connectivity index (χ0) is 74.6. The van der Waals surface area contributed by atoms with Crippen LogP contribution in [0.1, 0.15) is 116 Å². The first-order valence-electron chi connectivity index (χ1n) is 31.5. The average Bonchev–Trinajstić information content (AvgIpc) is 0.725. The fraction of sp³-hybridized carbons (Fsp3) is 0.154. The molecule has 0 aliphatic carbocycles. The molecule has 0 saturated heterocycles. The molecule has 0 radical (unpaired) electrons. The first kappa shape index (κ1) is 78.2. The molecule has 1 aliphatic rings. The molecule has 2 N–H and O–H groups in total. The quantitative estimate of drug-likeness (QED) is 0.0140. The molecule has 0 amide bonds. The van der Waals surface area contributed by atoms with Gasteiger partial charge in [-0.15, -0.1) is 0 Å². The van der Waals surface area contributed by atoms with Crippen molar-refractivity contribution in [1.82, 2.24) is 9.72 Å². The Bertz CT molecular complexity index is 4360. The molecule has 102 heavy (non-hydrogen) atoms. The number of allylic oxidation sites excluding steroid dienone is 6. The second-order valence-corrected chi connectivity index (χ2v) is 30.7. The molecular formula is C78H82N3O18P3. The maximum absolute atomic E-state index is 13.1. The number of hydrogen-bond donors (Lipinski definition) is 2. The Labute approximate surface area is 595 Å². The van der Waals surface area contributed by atoms with Crippen LogP contribution in [0.5, 0.6) is 34.5 Å². The van der Waals surface area contributed by atoms with Crippen molar-refractivity contribution < 1.29 is 84.3 Å². The molecule has 6 aromatic rings. The third kappa shape index (κ3) is 22.4. The normalized spacial score (nSPS) is 15.7. The van der Waals surface area contributed by atoms with E-state index < -0.39 is 59.5 Å². The zero-order valence-electron chi connectivity index (χ0n) is 58.8. The van der Waals surface area contributed by atoms with Crippen molar-refractivity contribution in [3.05, 3.63) is 286 Å². The first-order chi connectivity index (χ1) is 48.2. The minimum atomic E-state index is -5.41. The van der Waals surface area contributed by atoms with E-state index >= 15 is 0 Å². The number of hydrogen-bond acceptors (Lipinski definition) is 21. The second kappa shape index (κ2) is 35.2. The summed E-state index contributed by atoms with van der Waals surface area (Å²) in [6, 6.07) is 40.3. The maximum atomic E-state index is 13.1. The Hall–Kier alpha value is -11.2. The number of benzene rings is 6. The van der Waals surface area contributed by atoms with Gasteiger partial charge in [-0.3, -0.25) is 0 Å². The van der Waals surface area contributed by atoms with Gasteiger partial charge in [0.15, 0.2) is 0 Å². The van der Waals surface area contributed by atoms with E-state index in [-0.39, 0.29) is 102 Å². The van der Waals surface area contributed by atoms with Gasteiger partial charge in [0, 0.05) is 0 Å². The topological polar surface area (TPSA) is 250 Å². The van der Waals surface area contributed by atoms with Gasteiger partial charge in [-0.2, -0.15) is 0 Å². The first-order valence-corrected chi connectivity index (χ1v) is 36.7. The summed E-state index contributed by atoms with van der Waals surface area (Å²) in [6.07, 6.45) is 9.32. The summed E-state index contributed by atoms with van der Waals surface area (Å²) >= 11 is 0. The van der Waals surface area contributed by atoms with Crippen LogP contribution < -0.4 is 36.9 Å². The molecule has 0 saturated carbocycles. The SMILES string of the molecule is C=C(C)C(=O)OC(C)=Cc1ccccc1OP1(Oc2ccccc2C=C(C)OC(=O)C(=C)C)=N[PH](Oc2ccccc2C=C(C)OC(=O)C(=C)C)(Oc2ccccc2C=C(C)OC(=O)C(=C)C)N[PH](Oc2ccccc2C=C(C)OC(=O)C(=C)C)(Oc2ccccc2C=C(C)OC(=O)C(=C)C)N1. The predicted molar refractivity (Wildman–Crippen MR) is 402 cm³/mol. The van der Waals surface area contributed by atoms with Gasteiger partial charge in [0.25, 0.3) is 0 Å². The van der Waals surface area contributed by atoms with Crippen LogP contribution in [0.25, 0.3) is 36.5 Å². The van der Waals surface area contributed by atoms with Crippen molar-refractivity contribution >= 4 is 96.0 Å². The monoisotopic (exact) mass is 1440 g/mol. The molecule has 532 valence electrons. The van der Waals surface area contributed by atoms with Crippen LogP contribution in [0, 0.1) is 0 Å². The molecule has 0 atom stereocenters. The molecule has 24 heteroatoms. The molecule has 0 unspecified atom stereocenters. The summed E-state index contributed by atoms with van der Waals surface area (Å²) in [4.78, 5) is 86.0. The summed E-state index contributed by atoms with van der Waals surface area (Å²) in [5.74, 6) is -3.20. The van der Waals surface area contributed by atoms with Crippen molar-refractivity contribution in [1.29, 1.82) is 0 Å². The van der Waals surface area contributed by atoms with Crippen LogP contribution in [0.3, 0.4) is 0 Å².